The lowest BCUT2D eigenvalue weighted by atomic mass is 9.87. The lowest BCUT2D eigenvalue weighted by Crippen LogP contribution is -2.36. The minimum atomic E-state index is -0.593. The molecule has 8 heteroatoms. The summed E-state index contributed by atoms with van der Waals surface area (Å²) in [4.78, 5) is 37.5. The number of amides is 1. The minimum absolute atomic E-state index is 0.103. The van der Waals surface area contributed by atoms with Crippen molar-refractivity contribution in [3.63, 3.8) is 0 Å². The van der Waals surface area contributed by atoms with Gasteiger partial charge < -0.3 is 4.74 Å². The molecule has 1 fully saturated rings. The molecule has 1 amide bonds. The van der Waals surface area contributed by atoms with Gasteiger partial charge in [-0.25, -0.2) is 9.64 Å². The molecular formula is C26H30N4O3S. The highest BCUT2D eigenvalue weighted by molar-refractivity contribution is 8.13. The van der Waals surface area contributed by atoms with Crippen LogP contribution in [0.3, 0.4) is 0 Å². The zero-order valence-electron chi connectivity index (χ0n) is 20.1. The van der Waals surface area contributed by atoms with E-state index in [-0.39, 0.29) is 12.2 Å². The van der Waals surface area contributed by atoms with E-state index in [4.69, 9.17) is 16.3 Å². The smallest absolute Gasteiger partial charge is 0.413 e. The molecule has 0 aliphatic heterocycles. The third-order valence-corrected chi connectivity index (χ3v) is 6.12. The standard InChI is InChI=1S/C26H30N4O3S/c1-25(2,3)33-24(32)29-23(34-5)30-26(13-6-7-14-26)19-10-8-9-18(15-19)16-22(31)21-12-11-20(27-4)17-28-21/h8-12,15,17H,6-7,13-14,16H2,1-3,5H3,(H,29,30,32). The van der Waals surface area contributed by atoms with Crippen LogP contribution in [0.25, 0.3) is 4.85 Å². The number of carbonyl (C=O) groups excluding carboxylic acids is 2. The van der Waals surface area contributed by atoms with Crippen LogP contribution in [-0.2, 0) is 16.7 Å². The summed E-state index contributed by atoms with van der Waals surface area (Å²) < 4.78 is 5.39. The molecule has 0 saturated heterocycles. The average molecular weight is 479 g/mol. The molecule has 1 aliphatic carbocycles. The molecule has 1 saturated carbocycles. The third-order valence-electron chi connectivity index (χ3n) is 5.54. The Labute approximate surface area is 205 Å². The number of nitrogens with zero attached hydrogens (tertiary/aromatic N) is 3. The van der Waals surface area contributed by atoms with E-state index in [0.717, 1.165) is 36.8 Å². The third kappa shape index (κ3) is 6.67. The predicted octanol–water partition coefficient (Wildman–Crippen LogP) is 6.07. The number of rotatable bonds is 5. The molecule has 3 rings (SSSR count). The van der Waals surface area contributed by atoms with Crippen molar-refractivity contribution in [3.05, 3.63) is 70.8 Å². The minimum Gasteiger partial charge on any atom is -0.444 e. The highest BCUT2D eigenvalue weighted by Gasteiger charge is 2.36. The summed E-state index contributed by atoms with van der Waals surface area (Å²) in [7, 11) is 0. The van der Waals surface area contributed by atoms with Gasteiger partial charge in [0.25, 0.3) is 0 Å². The van der Waals surface area contributed by atoms with E-state index in [9.17, 15) is 9.59 Å². The predicted molar refractivity (Wildman–Crippen MR) is 135 cm³/mol. The van der Waals surface area contributed by atoms with Crippen LogP contribution in [-0.4, -0.2) is 33.9 Å². The van der Waals surface area contributed by atoms with E-state index in [1.54, 1.807) is 12.1 Å². The maximum atomic E-state index is 12.8. The molecule has 0 atom stereocenters. The number of carbonyl (C=O) groups is 2. The number of pyridine rings is 1. The Balaban J connectivity index is 1.83. The van der Waals surface area contributed by atoms with Gasteiger partial charge in [-0.1, -0.05) is 54.9 Å². The number of ketones is 1. The van der Waals surface area contributed by atoms with Crippen LogP contribution < -0.4 is 5.32 Å². The Morgan fingerprint density at radius 2 is 1.97 bits per heavy atom. The number of nitrogens with one attached hydrogen (secondary N) is 1. The molecule has 0 bridgehead atoms. The molecule has 1 aliphatic rings. The number of Topliss-reactive ketones (excluding diaryl/α,β-unsaturated/α-hetero) is 1. The number of aromatic nitrogens is 1. The van der Waals surface area contributed by atoms with Crippen LogP contribution in [0.4, 0.5) is 10.5 Å². The SMILES string of the molecule is [C-]#[N+]c1ccc(C(=O)Cc2cccc(C3(N=C(NC(=O)OC(C)(C)C)SC)CCCC3)c2)nc1. The largest absolute Gasteiger partial charge is 0.444 e. The van der Waals surface area contributed by atoms with Gasteiger partial charge in [0.2, 0.25) is 5.69 Å². The first-order valence-corrected chi connectivity index (χ1v) is 12.5. The van der Waals surface area contributed by atoms with Crippen LogP contribution in [0.5, 0.6) is 0 Å². The first kappa shape index (κ1) is 25.4. The first-order chi connectivity index (χ1) is 16.1. The van der Waals surface area contributed by atoms with Crippen molar-refractivity contribution in [2.75, 3.05) is 6.26 Å². The van der Waals surface area contributed by atoms with Crippen molar-refractivity contribution in [1.82, 2.24) is 10.3 Å². The number of ether oxygens (including phenoxy) is 1. The highest BCUT2D eigenvalue weighted by Crippen LogP contribution is 2.43. The normalized spacial score (nSPS) is 15.4. The Bertz CT molecular complexity index is 1110. The Morgan fingerprint density at radius 3 is 2.56 bits per heavy atom. The lowest BCUT2D eigenvalue weighted by Gasteiger charge is -2.27. The Kier molecular flexibility index (Phi) is 8.11. The molecule has 1 N–H and O–H groups in total. The van der Waals surface area contributed by atoms with Crippen molar-refractivity contribution in [2.45, 2.75) is 64.0 Å². The summed E-state index contributed by atoms with van der Waals surface area (Å²) in [6.07, 6.45) is 6.79. The zero-order valence-corrected chi connectivity index (χ0v) is 20.9. The average Bonchev–Trinajstić information content (AvgIpc) is 3.27. The molecule has 7 nitrogen and oxygen atoms in total. The summed E-state index contributed by atoms with van der Waals surface area (Å²) >= 11 is 1.37. The van der Waals surface area contributed by atoms with Crippen molar-refractivity contribution in [2.24, 2.45) is 4.99 Å². The van der Waals surface area contributed by atoms with Gasteiger partial charge in [-0.15, -0.1) is 0 Å². The van der Waals surface area contributed by atoms with Crippen molar-refractivity contribution < 1.29 is 14.3 Å². The fraction of sp³-hybridized carbons (Fsp3) is 0.423. The second kappa shape index (κ2) is 10.8. The van der Waals surface area contributed by atoms with E-state index >= 15 is 0 Å². The number of amidine groups is 1. The van der Waals surface area contributed by atoms with Gasteiger partial charge in [-0.3, -0.25) is 20.1 Å². The van der Waals surface area contributed by atoms with E-state index in [0.29, 0.717) is 16.5 Å². The van der Waals surface area contributed by atoms with Gasteiger partial charge in [0.15, 0.2) is 11.0 Å². The molecule has 2 aromatic rings. The van der Waals surface area contributed by atoms with Gasteiger partial charge in [-0.05, 0) is 57.1 Å². The van der Waals surface area contributed by atoms with Gasteiger partial charge in [-0.2, -0.15) is 0 Å². The second-order valence-electron chi connectivity index (χ2n) is 9.30. The van der Waals surface area contributed by atoms with E-state index in [1.165, 1.54) is 18.0 Å². The molecule has 1 aromatic heterocycles. The summed E-state index contributed by atoms with van der Waals surface area (Å²) in [5.41, 5.74) is 1.61. The van der Waals surface area contributed by atoms with Crippen molar-refractivity contribution >= 4 is 34.5 Å². The summed E-state index contributed by atoms with van der Waals surface area (Å²) in [5, 5.41) is 3.31. The molecule has 1 heterocycles. The molecule has 1 aromatic carbocycles. The molecule has 34 heavy (non-hydrogen) atoms. The number of alkyl carbamates (subject to hydrolysis) is 1. The van der Waals surface area contributed by atoms with Crippen LogP contribution in [0.2, 0.25) is 0 Å². The highest BCUT2D eigenvalue weighted by atomic mass is 32.2. The van der Waals surface area contributed by atoms with Crippen LogP contribution in [0, 0.1) is 6.57 Å². The van der Waals surface area contributed by atoms with Crippen molar-refractivity contribution in [1.29, 1.82) is 0 Å². The quantitative estimate of drug-likeness (QED) is 0.244. The monoisotopic (exact) mass is 478 g/mol. The van der Waals surface area contributed by atoms with Crippen LogP contribution >= 0.6 is 11.8 Å². The summed E-state index contributed by atoms with van der Waals surface area (Å²) in [6.45, 7) is 12.5. The van der Waals surface area contributed by atoms with Crippen LogP contribution in [0.1, 0.15) is 68.1 Å². The fourth-order valence-electron chi connectivity index (χ4n) is 4.00. The lowest BCUT2D eigenvalue weighted by molar-refractivity contribution is 0.0564. The number of hydrogen-bond acceptors (Lipinski definition) is 6. The van der Waals surface area contributed by atoms with Crippen molar-refractivity contribution in [3.8, 4) is 0 Å². The molecule has 0 unspecified atom stereocenters. The Hall–Kier alpha value is -3.18. The Morgan fingerprint density at radius 1 is 1.24 bits per heavy atom. The van der Waals surface area contributed by atoms with E-state index < -0.39 is 17.2 Å². The topological polar surface area (TPSA) is 85.0 Å². The van der Waals surface area contributed by atoms with Gasteiger partial charge in [0.05, 0.1) is 12.1 Å². The fourth-order valence-corrected chi connectivity index (χ4v) is 4.45. The number of aliphatic imine (C=N–C) groups is 1. The number of thioether (sulfide) groups is 1. The molecule has 0 radical (unpaired) electrons. The van der Waals surface area contributed by atoms with E-state index in [1.807, 2.05) is 51.3 Å². The summed E-state index contributed by atoms with van der Waals surface area (Å²) in [6, 6.07) is 11.1. The number of hydrogen-bond donors (Lipinski definition) is 1. The zero-order chi connectivity index (χ0) is 24.8. The maximum absolute atomic E-state index is 12.8. The van der Waals surface area contributed by atoms with Gasteiger partial charge >= 0.3 is 6.09 Å². The molecular weight excluding hydrogens is 448 g/mol. The van der Waals surface area contributed by atoms with Gasteiger partial charge in [0.1, 0.15) is 11.3 Å². The first-order valence-electron chi connectivity index (χ1n) is 11.2. The number of benzene rings is 1. The molecule has 178 valence electrons. The second-order valence-corrected chi connectivity index (χ2v) is 10.1. The van der Waals surface area contributed by atoms with E-state index in [2.05, 4.69) is 15.1 Å². The maximum Gasteiger partial charge on any atom is 0.413 e. The van der Waals surface area contributed by atoms with Crippen LogP contribution in [0.15, 0.2) is 47.6 Å². The molecule has 0 spiro atoms. The summed E-state index contributed by atoms with van der Waals surface area (Å²) in [5.74, 6) is -0.103. The van der Waals surface area contributed by atoms with Gasteiger partial charge in [0, 0.05) is 12.6 Å².